The van der Waals surface area contributed by atoms with E-state index >= 15 is 0 Å². The van der Waals surface area contributed by atoms with Gasteiger partial charge in [-0.3, -0.25) is 4.68 Å². The van der Waals surface area contributed by atoms with Gasteiger partial charge in [0.2, 0.25) is 0 Å². The minimum Gasteiger partial charge on any atom is -0.311 e. The number of likely N-dealkylation sites (tertiary alicyclic amines) is 1. The molecule has 2 heterocycles. The van der Waals surface area contributed by atoms with Crippen LogP contribution in [0.1, 0.15) is 12.0 Å². The van der Waals surface area contributed by atoms with Crippen LogP contribution in [0.5, 0.6) is 0 Å². The van der Waals surface area contributed by atoms with E-state index in [2.05, 4.69) is 45.6 Å². The Kier molecular flexibility index (Phi) is 5.03. The van der Waals surface area contributed by atoms with Gasteiger partial charge >= 0.3 is 0 Å². The highest BCUT2D eigenvalue weighted by Crippen LogP contribution is 2.10. The fourth-order valence-corrected chi connectivity index (χ4v) is 2.95. The van der Waals surface area contributed by atoms with Gasteiger partial charge in [-0.15, -0.1) is 0 Å². The van der Waals surface area contributed by atoms with Crippen molar-refractivity contribution in [2.45, 2.75) is 25.4 Å². The van der Waals surface area contributed by atoms with Gasteiger partial charge in [-0.1, -0.05) is 30.3 Å². The summed E-state index contributed by atoms with van der Waals surface area (Å²) < 4.78 is 1.98. The lowest BCUT2D eigenvalue weighted by Gasteiger charge is -2.16. The molecule has 1 N–H and O–H groups in total. The van der Waals surface area contributed by atoms with Crippen LogP contribution < -0.4 is 5.32 Å². The predicted octanol–water partition coefficient (Wildman–Crippen LogP) is 1.79. The van der Waals surface area contributed by atoms with E-state index in [1.165, 1.54) is 31.6 Å². The molecule has 1 aliphatic heterocycles. The van der Waals surface area contributed by atoms with Crippen LogP contribution in [0, 0.1) is 0 Å². The maximum Gasteiger partial charge on any atom is 0.0534 e. The van der Waals surface area contributed by atoms with Crippen molar-refractivity contribution in [2.75, 3.05) is 26.2 Å². The van der Waals surface area contributed by atoms with Gasteiger partial charge in [0, 0.05) is 38.1 Å². The maximum absolute atomic E-state index is 4.22. The number of hydrogen-bond acceptors (Lipinski definition) is 3. The van der Waals surface area contributed by atoms with Crippen molar-refractivity contribution >= 4 is 0 Å². The van der Waals surface area contributed by atoms with E-state index in [1.54, 1.807) is 0 Å². The van der Waals surface area contributed by atoms with E-state index in [9.17, 15) is 0 Å². The topological polar surface area (TPSA) is 33.1 Å². The molecule has 1 saturated heterocycles. The Morgan fingerprint density at radius 2 is 2.05 bits per heavy atom. The molecular weight excluding hydrogens is 260 g/mol. The Balaban J connectivity index is 1.33. The molecule has 21 heavy (non-hydrogen) atoms. The number of nitrogens with zero attached hydrogens (tertiary/aromatic N) is 3. The number of benzene rings is 1. The number of nitrogens with one attached hydrogen (secondary N) is 1. The summed E-state index contributed by atoms with van der Waals surface area (Å²) in [7, 11) is 0. The lowest BCUT2D eigenvalue weighted by atomic mass is 10.1. The van der Waals surface area contributed by atoms with Gasteiger partial charge < -0.3 is 10.2 Å². The molecule has 3 rings (SSSR count). The molecule has 1 aromatic heterocycles. The lowest BCUT2D eigenvalue weighted by Crippen LogP contribution is -2.35. The average Bonchev–Trinajstić information content (AvgIpc) is 3.18. The van der Waals surface area contributed by atoms with Gasteiger partial charge in [0.25, 0.3) is 0 Å². The zero-order valence-corrected chi connectivity index (χ0v) is 12.5. The first-order valence-corrected chi connectivity index (χ1v) is 7.87. The van der Waals surface area contributed by atoms with Gasteiger partial charge in [0.05, 0.1) is 6.54 Å². The standard InChI is InChI=1S/C17H24N4/c1-2-5-16(6-3-1)7-12-20-13-8-17(15-20)18-10-14-21-11-4-9-19-21/h1-6,9,11,17-18H,7-8,10,12-15H2. The predicted molar refractivity (Wildman–Crippen MR) is 85.2 cm³/mol. The van der Waals surface area contributed by atoms with Crippen LogP contribution in [0.3, 0.4) is 0 Å². The third-order valence-corrected chi connectivity index (χ3v) is 4.17. The molecule has 0 spiro atoms. The van der Waals surface area contributed by atoms with Crippen molar-refractivity contribution in [1.29, 1.82) is 0 Å². The quantitative estimate of drug-likeness (QED) is 0.841. The van der Waals surface area contributed by atoms with E-state index in [0.29, 0.717) is 6.04 Å². The van der Waals surface area contributed by atoms with Crippen molar-refractivity contribution in [3.8, 4) is 0 Å². The monoisotopic (exact) mass is 284 g/mol. The summed E-state index contributed by atoms with van der Waals surface area (Å²) in [6.07, 6.45) is 6.26. The van der Waals surface area contributed by atoms with Crippen LogP contribution in [0.2, 0.25) is 0 Å². The summed E-state index contributed by atoms with van der Waals surface area (Å²) in [4.78, 5) is 2.57. The molecule has 4 nitrogen and oxygen atoms in total. The normalized spacial score (nSPS) is 19.1. The first kappa shape index (κ1) is 14.3. The second-order valence-corrected chi connectivity index (χ2v) is 5.75. The Hall–Kier alpha value is -1.65. The van der Waals surface area contributed by atoms with E-state index in [-0.39, 0.29) is 0 Å². The molecule has 0 amide bonds. The molecule has 112 valence electrons. The van der Waals surface area contributed by atoms with Gasteiger partial charge in [0.1, 0.15) is 0 Å². The first-order chi connectivity index (χ1) is 10.4. The minimum absolute atomic E-state index is 0.635. The Bertz CT molecular complexity index is 509. The molecule has 1 atom stereocenters. The molecule has 0 radical (unpaired) electrons. The van der Waals surface area contributed by atoms with Gasteiger partial charge in [0.15, 0.2) is 0 Å². The van der Waals surface area contributed by atoms with Crippen molar-refractivity contribution in [3.63, 3.8) is 0 Å². The highest BCUT2D eigenvalue weighted by atomic mass is 15.3. The van der Waals surface area contributed by atoms with Crippen LogP contribution in [0.15, 0.2) is 48.8 Å². The average molecular weight is 284 g/mol. The lowest BCUT2D eigenvalue weighted by molar-refractivity contribution is 0.330. The van der Waals surface area contributed by atoms with Gasteiger partial charge in [-0.05, 0) is 31.0 Å². The molecule has 1 aliphatic rings. The second-order valence-electron chi connectivity index (χ2n) is 5.75. The van der Waals surface area contributed by atoms with Crippen LogP contribution in [0.4, 0.5) is 0 Å². The summed E-state index contributed by atoms with van der Waals surface area (Å²) in [5, 5.41) is 7.87. The second kappa shape index (κ2) is 7.38. The van der Waals surface area contributed by atoms with Crippen molar-refractivity contribution in [2.24, 2.45) is 0 Å². The zero-order valence-electron chi connectivity index (χ0n) is 12.5. The summed E-state index contributed by atoms with van der Waals surface area (Å²) in [5.41, 5.74) is 1.44. The largest absolute Gasteiger partial charge is 0.311 e. The maximum atomic E-state index is 4.22. The highest BCUT2D eigenvalue weighted by molar-refractivity contribution is 5.14. The van der Waals surface area contributed by atoms with Crippen LogP contribution in [-0.2, 0) is 13.0 Å². The van der Waals surface area contributed by atoms with Crippen molar-refractivity contribution < 1.29 is 0 Å². The van der Waals surface area contributed by atoms with Crippen molar-refractivity contribution in [1.82, 2.24) is 20.0 Å². The number of rotatable bonds is 7. The highest BCUT2D eigenvalue weighted by Gasteiger charge is 2.21. The van der Waals surface area contributed by atoms with E-state index in [4.69, 9.17) is 0 Å². The molecule has 0 bridgehead atoms. The summed E-state index contributed by atoms with van der Waals surface area (Å²) in [6.45, 7) is 5.51. The molecule has 0 aliphatic carbocycles. The number of hydrogen-bond donors (Lipinski definition) is 1. The van der Waals surface area contributed by atoms with Gasteiger partial charge in [-0.2, -0.15) is 5.10 Å². The molecule has 1 aromatic carbocycles. The minimum atomic E-state index is 0.635. The fraction of sp³-hybridized carbons (Fsp3) is 0.471. The summed E-state index contributed by atoms with van der Waals surface area (Å²) in [6, 6.07) is 13.4. The molecule has 0 saturated carbocycles. The van der Waals surface area contributed by atoms with Gasteiger partial charge in [-0.25, -0.2) is 0 Å². The molecule has 1 fully saturated rings. The zero-order chi connectivity index (χ0) is 14.3. The van der Waals surface area contributed by atoms with E-state index in [1.807, 2.05) is 23.1 Å². The Labute approximate surface area is 126 Å². The third-order valence-electron chi connectivity index (χ3n) is 4.17. The molecule has 4 heteroatoms. The number of aromatic nitrogens is 2. The Morgan fingerprint density at radius 3 is 2.86 bits per heavy atom. The van der Waals surface area contributed by atoms with Crippen LogP contribution in [0.25, 0.3) is 0 Å². The van der Waals surface area contributed by atoms with E-state index in [0.717, 1.165) is 19.5 Å². The fourth-order valence-electron chi connectivity index (χ4n) is 2.95. The molecule has 2 aromatic rings. The molecule has 1 unspecified atom stereocenters. The smallest absolute Gasteiger partial charge is 0.0534 e. The van der Waals surface area contributed by atoms with Crippen LogP contribution >= 0.6 is 0 Å². The Morgan fingerprint density at radius 1 is 1.14 bits per heavy atom. The van der Waals surface area contributed by atoms with E-state index < -0.39 is 0 Å². The summed E-state index contributed by atoms with van der Waals surface area (Å²) in [5.74, 6) is 0. The van der Waals surface area contributed by atoms with Crippen molar-refractivity contribution in [3.05, 3.63) is 54.4 Å². The summed E-state index contributed by atoms with van der Waals surface area (Å²) >= 11 is 0. The molecular formula is C17H24N4. The third kappa shape index (κ3) is 4.41. The first-order valence-electron chi connectivity index (χ1n) is 7.87. The SMILES string of the molecule is c1ccc(CCN2CCC(NCCn3cccn3)C2)cc1. The van der Waals surface area contributed by atoms with Crippen LogP contribution in [-0.4, -0.2) is 46.9 Å².